The summed E-state index contributed by atoms with van der Waals surface area (Å²) in [5, 5.41) is 5.60. The molecule has 0 amide bonds. The predicted octanol–water partition coefficient (Wildman–Crippen LogP) is 1.06. The van der Waals surface area contributed by atoms with Crippen LogP contribution in [0, 0.1) is 6.92 Å². The molecule has 0 saturated heterocycles. The third kappa shape index (κ3) is 2.09. The Morgan fingerprint density at radius 1 is 1.54 bits per heavy atom. The summed E-state index contributed by atoms with van der Waals surface area (Å²) in [7, 11) is 0. The van der Waals surface area contributed by atoms with E-state index >= 15 is 0 Å². The maximum absolute atomic E-state index is 11.0. The van der Waals surface area contributed by atoms with Crippen LogP contribution in [0.2, 0.25) is 0 Å². The highest BCUT2D eigenvalue weighted by atomic mass is 32.2. The molecular weight excluding hydrogens is 188 g/mol. The molecular formula is C7H10N4OS. The molecule has 5 nitrogen and oxygen atoms in total. The number of H-pyrrole nitrogens is 2. The zero-order chi connectivity index (χ0) is 9.84. The molecule has 0 fully saturated rings. The van der Waals surface area contributed by atoms with Crippen molar-refractivity contribution in [2.24, 2.45) is 9.98 Å². The first kappa shape index (κ1) is 9.79. The van der Waals surface area contributed by atoms with Crippen LogP contribution in [0.25, 0.3) is 0 Å². The van der Waals surface area contributed by atoms with Crippen molar-refractivity contribution in [2.75, 3.05) is 6.26 Å². The summed E-state index contributed by atoms with van der Waals surface area (Å²) in [6.07, 6.45) is 1.84. The standard InChI is InChI=1S/C7H10N4OS/c1-4-5(10-11-6(4)12)9-7(8-2)13-3/h2H2,1,3H3,(H2,10,11,12)/b9-7+. The Labute approximate surface area is 79.4 Å². The first-order valence-electron chi connectivity index (χ1n) is 3.55. The number of aromatic nitrogens is 2. The Morgan fingerprint density at radius 3 is 2.62 bits per heavy atom. The monoisotopic (exact) mass is 198 g/mol. The minimum atomic E-state index is -0.164. The second-order valence-corrected chi connectivity index (χ2v) is 3.08. The van der Waals surface area contributed by atoms with Crippen LogP contribution in [0.3, 0.4) is 0 Å². The van der Waals surface area contributed by atoms with Crippen molar-refractivity contribution < 1.29 is 0 Å². The third-order valence-corrected chi connectivity index (χ3v) is 2.10. The van der Waals surface area contributed by atoms with Gasteiger partial charge in [0.15, 0.2) is 11.0 Å². The largest absolute Gasteiger partial charge is 0.281 e. The van der Waals surface area contributed by atoms with E-state index in [1.54, 1.807) is 6.92 Å². The van der Waals surface area contributed by atoms with Crippen molar-refractivity contribution in [1.29, 1.82) is 0 Å². The van der Waals surface area contributed by atoms with Gasteiger partial charge in [0.25, 0.3) is 5.56 Å². The summed E-state index contributed by atoms with van der Waals surface area (Å²) in [5.41, 5.74) is 0.387. The van der Waals surface area contributed by atoms with E-state index in [0.717, 1.165) is 0 Å². The van der Waals surface area contributed by atoms with E-state index in [1.165, 1.54) is 11.8 Å². The molecule has 0 atom stereocenters. The van der Waals surface area contributed by atoms with Crippen LogP contribution >= 0.6 is 11.8 Å². The van der Waals surface area contributed by atoms with Crippen LogP contribution in [0.4, 0.5) is 5.82 Å². The van der Waals surface area contributed by atoms with Gasteiger partial charge in [-0.25, -0.2) is 9.98 Å². The van der Waals surface area contributed by atoms with Crippen molar-refractivity contribution in [2.45, 2.75) is 6.92 Å². The maximum atomic E-state index is 11.0. The molecule has 6 heteroatoms. The molecule has 0 aliphatic rings. The van der Waals surface area contributed by atoms with Crippen LogP contribution < -0.4 is 5.56 Å². The summed E-state index contributed by atoms with van der Waals surface area (Å²) in [5.74, 6) is 0.502. The summed E-state index contributed by atoms with van der Waals surface area (Å²) in [6, 6.07) is 0. The molecule has 0 aromatic carbocycles. The van der Waals surface area contributed by atoms with Gasteiger partial charge in [-0.2, -0.15) is 0 Å². The number of nitrogens with one attached hydrogen (secondary N) is 2. The van der Waals surface area contributed by atoms with E-state index < -0.39 is 0 Å². The second-order valence-electron chi connectivity index (χ2n) is 2.31. The number of nitrogens with zero attached hydrogens (tertiary/aromatic N) is 2. The van der Waals surface area contributed by atoms with Crippen molar-refractivity contribution in [3.05, 3.63) is 15.9 Å². The molecule has 0 radical (unpaired) electrons. The summed E-state index contributed by atoms with van der Waals surface area (Å²) in [4.78, 5) is 18.7. The van der Waals surface area contributed by atoms with Crippen LogP contribution in [-0.2, 0) is 0 Å². The van der Waals surface area contributed by atoms with E-state index in [-0.39, 0.29) is 5.56 Å². The molecule has 70 valence electrons. The number of thioether (sulfide) groups is 1. The molecule has 0 aliphatic heterocycles. The Bertz CT molecular complexity index is 389. The first-order valence-corrected chi connectivity index (χ1v) is 4.78. The minimum Gasteiger partial charge on any atom is -0.281 e. The number of rotatable bonds is 1. The van der Waals surface area contributed by atoms with Gasteiger partial charge in [-0.1, -0.05) is 11.8 Å². The summed E-state index contributed by atoms with van der Waals surface area (Å²) in [6.45, 7) is 5.05. The summed E-state index contributed by atoms with van der Waals surface area (Å²) < 4.78 is 0. The molecule has 0 saturated carbocycles. The lowest BCUT2D eigenvalue weighted by Crippen LogP contribution is -2.00. The molecule has 0 unspecified atom stereocenters. The number of hydrogen-bond donors (Lipinski definition) is 2. The van der Waals surface area contributed by atoms with Gasteiger partial charge in [-0.15, -0.1) is 0 Å². The molecule has 1 rings (SSSR count). The number of aliphatic imine (C=N–C) groups is 2. The molecule has 0 bridgehead atoms. The van der Waals surface area contributed by atoms with Crippen LogP contribution in [0.1, 0.15) is 5.56 Å². The Balaban J connectivity index is 3.09. The van der Waals surface area contributed by atoms with Gasteiger partial charge in [0, 0.05) is 0 Å². The molecule has 0 aliphatic carbocycles. The highest BCUT2D eigenvalue weighted by Crippen LogP contribution is 2.12. The van der Waals surface area contributed by atoms with Crippen LogP contribution in [0.15, 0.2) is 14.8 Å². The van der Waals surface area contributed by atoms with Crippen molar-refractivity contribution in [3.8, 4) is 0 Å². The smallest absolute Gasteiger partial charge is 0.269 e. The van der Waals surface area contributed by atoms with Crippen LogP contribution in [0.5, 0.6) is 0 Å². The quantitative estimate of drug-likeness (QED) is 0.523. The van der Waals surface area contributed by atoms with E-state index in [9.17, 15) is 4.79 Å². The first-order chi connectivity index (χ1) is 6.19. The molecule has 13 heavy (non-hydrogen) atoms. The summed E-state index contributed by atoms with van der Waals surface area (Å²) >= 11 is 1.37. The second kappa shape index (κ2) is 4.08. The average molecular weight is 198 g/mol. The lowest BCUT2D eigenvalue weighted by Gasteiger charge is -1.92. The van der Waals surface area contributed by atoms with Gasteiger partial charge in [0.2, 0.25) is 0 Å². The fraction of sp³-hybridized carbons (Fsp3) is 0.286. The van der Waals surface area contributed by atoms with Gasteiger partial charge < -0.3 is 0 Å². The Morgan fingerprint density at radius 2 is 2.23 bits per heavy atom. The highest BCUT2D eigenvalue weighted by molar-refractivity contribution is 8.13. The van der Waals surface area contributed by atoms with Gasteiger partial charge in [0.1, 0.15) is 0 Å². The Hall–Kier alpha value is -1.30. The van der Waals surface area contributed by atoms with Crippen molar-refractivity contribution in [3.63, 3.8) is 0 Å². The average Bonchev–Trinajstić information content (AvgIpc) is 2.45. The maximum Gasteiger partial charge on any atom is 0.269 e. The molecule has 1 heterocycles. The van der Waals surface area contributed by atoms with Gasteiger partial charge in [-0.05, 0) is 19.9 Å². The highest BCUT2D eigenvalue weighted by Gasteiger charge is 2.03. The van der Waals surface area contributed by atoms with Crippen LogP contribution in [-0.4, -0.2) is 28.3 Å². The predicted molar refractivity (Wildman–Crippen MR) is 56.3 cm³/mol. The lowest BCUT2D eigenvalue weighted by atomic mass is 10.4. The van der Waals surface area contributed by atoms with Gasteiger partial charge >= 0.3 is 0 Å². The molecule has 1 aromatic rings. The number of hydrogen-bond acceptors (Lipinski definition) is 3. The molecule has 1 aromatic heterocycles. The van der Waals surface area contributed by atoms with E-state index in [0.29, 0.717) is 16.5 Å². The Kier molecular flexibility index (Phi) is 3.07. The van der Waals surface area contributed by atoms with Gasteiger partial charge in [-0.3, -0.25) is 15.0 Å². The molecule has 0 spiro atoms. The third-order valence-electron chi connectivity index (χ3n) is 1.52. The van der Waals surface area contributed by atoms with Crippen molar-refractivity contribution >= 4 is 29.5 Å². The minimum absolute atomic E-state index is 0.164. The number of aromatic amines is 2. The SMILES string of the molecule is C=N/C(=N\c1[nH][nH]c(=O)c1C)SC. The zero-order valence-corrected chi connectivity index (χ0v) is 8.23. The number of amidine groups is 1. The van der Waals surface area contributed by atoms with E-state index in [4.69, 9.17) is 0 Å². The fourth-order valence-corrected chi connectivity index (χ4v) is 1.08. The van der Waals surface area contributed by atoms with E-state index in [1.807, 2.05) is 6.26 Å². The van der Waals surface area contributed by atoms with Crippen molar-refractivity contribution in [1.82, 2.24) is 10.2 Å². The topological polar surface area (TPSA) is 73.4 Å². The lowest BCUT2D eigenvalue weighted by molar-refractivity contribution is 1.05. The molecule has 2 N–H and O–H groups in total. The fourth-order valence-electron chi connectivity index (χ4n) is 0.764. The normalized spacial score (nSPS) is 11.7. The zero-order valence-electron chi connectivity index (χ0n) is 7.42. The van der Waals surface area contributed by atoms with E-state index in [2.05, 4.69) is 26.9 Å². The van der Waals surface area contributed by atoms with Gasteiger partial charge in [0.05, 0.1) is 5.56 Å².